The highest BCUT2D eigenvalue weighted by Gasteiger charge is 2.14. The van der Waals surface area contributed by atoms with E-state index in [0.717, 1.165) is 11.1 Å². The number of nitrogens with one attached hydrogen (secondary N) is 3. The molecule has 1 aromatic rings. The van der Waals surface area contributed by atoms with Gasteiger partial charge in [0.25, 0.3) is 0 Å². The molecule has 0 aromatic heterocycles. The van der Waals surface area contributed by atoms with E-state index in [1.165, 1.54) is 7.05 Å². The van der Waals surface area contributed by atoms with E-state index in [-0.39, 0.29) is 12.5 Å². The van der Waals surface area contributed by atoms with Crippen molar-refractivity contribution < 1.29 is 14.7 Å². The Hall–Kier alpha value is -1.92. The molecule has 0 saturated carbocycles. The highest BCUT2D eigenvalue weighted by molar-refractivity contribution is 5.96. The van der Waals surface area contributed by atoms with Gasteiger partial charge < -0.3 is 15.7 Å². The predicted octanol–water partition coefficient (Wildman–Crippen LogP) is 0.113. The van der Waals surface area contributed by atoms with Crippen LogP contribution in [0.3, 0.4) is 0 Å². The van der Waals surface area contributed by atoms with Crippen LogP contribution in [0.15, 0.2) is 24.3 Å². The smallest absolute Gasteiger partial charge is 0.321 e. The van der Waals surface area contributed by atoms with E-state index in [9.17, 15) is 9.59 Å². The molecule has 0 aliphatic rings. The molecule has 6 heteroatoms. The van der Waals surface area contributed by atoms with Crippen molar-refractivity contribution in [2.75, 3.05) is 7.05 Å². The Morgan fingerprint density at radius 1 is 1.21 bits per heavy atom. The quantitative estimate of drug-likeness (QED) is 0.608. The Balaban J connectivity index is 2.42. The third-order valence-corrected chi connectivity index (χ3v) is 2.67. The third kappa shape index (κ3) is 5.07. The molecule has 1 atom stereocenters. The van der Waals surface area contributed by atoms with Gasteiger partial charge >= 0.3 is 6.03 Å². The first-order valence-corrected chi connectivity index (χ1v) is 6.01. The summed E-state index contributed by atoms with van der Waals surface area (Å²) in [6.45, 7) is 2.20. The number of benzene rings is 1. The van der Waals surface area contributed by atoms with Gasteiger partial charge in [0.2, 0.25) is 5.91 Å². The Labute approximate surface area is 112 Å². The van der Waals surface area contributed by atoms with E-state index in [1.54, 1.807) is 6.92 Å². The number of carbonyl (C=O) groups excluding carboxylic acids is 2. The van der Waals surface area contributed by atoms with Crippen LogP contribution in [0.25, 0.3) is 0 Å². The molecule has 4 N–H and O–H groups in total. The van der Waals surface area contributed by atoms with Gasteiger partial charge in [0, 0.05) is 13.6 Å². The summed E-state index contributed by atoms with van der Waals surface area (Å²) in [5, 5.41) is 16.4. The lowest BCUT2D eigenvalue weighted by Crippen LogP contribution is -2.47. The van der Waals surface area contributed by atoms with Crippen LogP contribution >= 0.6 is 0 Å². The molecule has 104 valence electrons. The van der Waals surface area contributed by atoms with Gasteiger partial charge in [-0.2, -0.15) is 0 Å². The van der Waals surface area contributed by atoms with Crippen molar-refractivity contribution in [3.05, 3.63) is 35.4 Å². The largest absolute Gasteiger partial charge is 0.392 e. The first kappa shape index (κ1) is 15.1. The van der Waals surface area contributed by atoms with Gasteiger partial charge in [-0.05, 0) is 18.1 Å². The number of imide groups is 1. The molecule has 3 amide bonds. The Morgan fingerprint density at radius 2 is 1.79 bits per heavy atom. The minimum absolute atomic E-state index is 0.0125. The molecule has 6 nitrogen and oxygen atoms in total. The fraction of sp³-hybridized carbons (Fsp3) is 0.385. The zero-order chi connectivity index (χ0) is 14.3. The second kappa shape index (κ2) is 7.50. The van der Waals surface area contributed by atoms with Crippen LogP contribution in [-0.4, -0.2) is 30.1 Å². The summed E-state index contributed by atoms with van der Waals surface area (Å²) in [7, 11) is 1.45. The van der Waals surface area contributed by atoms with E-state index < -0.39 is 12.1 Å². The monoisotopic (exact) mass is 265 g/mol. The molecule has 0 spiro atoms. The summed E-state index contributed by atoms with van der Waals surface area (Å²) >= 11 is 0. The maximum Gasteiger partial charge on any atom is 0.321 e. The third-order valence-electron chi connectivity index (χ3n) is 2.67. The van der Waals surface area contributed by atoms with Crippen molar-refractivity contribution in [2.24, 2.45) is 0 Å². The normalized spacial score (nSPS) is 11.7. The Morgan fingerprint density at radius 3 is 2.32 bits per heavy atom. The second-order valence-corrected chi connectivity index (χ2v) is 4.15. The van der Waals surface area contributed by atoms with Gasteiger partial charge in [0.15, 0.2) is 0 Å². The van der Waals surface area contributed by atoms with Crippen molar-refractivity contribution in [3.8, 4) is 0 Å². The Kier molecular flexibility index (Phi) is 5.98. The summed E-state index contributed by atoms with van der Waals surface area (Å²) in [4.78, 5) is 22.5. The van der Waals surface area contributed by atoms with Gasteiger partial charge in [0.05, 0.1) is 12.6 Å². The van der Waals surface area contributed by atoms with Crippen LogP contribution in [-0.2, 0) is 17.9 Å². The van der Waals surface area contributed by atoms with Gasteiger partial charge in [-0.3, -0.25) is 10.1 Å². The van der Waals surface area contributed by atoms with Crippen LogP contribution in [0.5, 0.6) is 0 Å². The number of hydrogen-bond acceptors (Lipinski definition) is 4. The number of amides is 3. The molecule has 0 bridgehead atoms. The number of carbonyl (C=O) groups is 2. The molecule has 19 heavy (non-hydrogen) atoms. The van der Waals surface area contributed by atoms with Crippen LogP contribution in [0, 0.1) is 0 Å². The molecule has 0 aliphatic heterocycles. The van der Waals surface area contributed by atoms with Gasteiger partial charge in [-0.25, -0.2) is 4.79 Å². The summed E-state index contributed by atoms with van der Waals surface area (Å²) in [5.74, 6) is -0.383. The highest BCUT2D eigenvalue weighted by Crippen LogP contribution is 2.04. The number of aliphatic hydroxyl groups is 1. The van der Waals surface area contributed by atoms with Crippen molar-refractivity contribution in [1.82, 2.24) is 16.0 Å². The fourth-order valence-corrected chi connectivity index (χ4v) is 1.41. The molecular formula is C13H19N3O3. The molecular weight excluding hydrogens is 246 g/mol. The zero-order valence-electron chi connectivity index (χ0n) is 11.1. The minimum atomic E-state index is -0.522. The topological polar surface area (TPSA) is 90.5 Å². The van der Waals surface area contributed by atoms with Crippen molar-refractivity contribution in [3.63, 3.8) is 0 Å². The van der Waals surface area contributed by atoms with Crippen LogP contribution < -0.4 is 16.0 Å². The van der Waals surface area contributed by atoms with E-state index in [2.05, 4.69) is 16.0 Å². The molecule has 0 radical (unpaired) electrons. The average Bonchev–Trinajstić information content (AvgIpc) is 2.44. The summed E-state index contributed by atoms with van der Waals surface area (Å²) in [6, 6.07) is 6.41. The number of hydrogen-bond donors (Lipinski definition) is 4. The molecule has 0 saturated heterocycles. The van der Waals surface area contributed by atoms with Crippen molar-refractivity contribution in [2.45, 2.75) is 26.1 Å². The molecule has 0 heterocycles. The number of urea groups is 1. The first-order chi connectivity index (χ1) is 9.06. The average molecular weight is 265 g/mol. The maximum absolute atomic E-state index is 11.6. The predicted molar refractivity (Wildman–Crippen MR) is 71.3 cm³/mol. The lowest BCUT2D eigenvalue weighted by Gasteiger charge is -2.13. The van der Waals surface area contributed by atoms with Gasteiger partial charge in [0.1, 0.15) is 0 Å². The van der Waals surface area contributed by atoms with Crippen LogP contribution in [0.1, 0.15) is 18.1 Å². The molecule has 1 unspecified atom stereocenters. The second-order valence-electron chi connectivity index (χ2n) is 4.15. The molecule has 0 aliphatic carbocycles. The van der Waals surface area contributed by atoms with Crippen molar-refractivity contribution >= 4 is 11.9 Å². The number of rotatable bonds is 5. The summed E-state index contributed by atoms with van der Waals surface area (Å²) < 4.78 is 0. The van der Waals surface area contributed by atoms with Crippen molar-refractivity contribution in [1.29, 1.82) is 0 Å². The lowest BCUT2D eigenvalue weighted by molar-refractivity contribution is -0.121. The van der Waals surface area contributed by atoms with E-state index in [0.29, 0.717) is 6.54 Å². The molecule has 1 aromatic carbocycles. The SMILES string of the molecule is CNC(=O)NC(=O)C(C)NCc1ccc(CO)cc1. The summed E-state index contributed by atoms with van der Waals surface area (Å²) in [6.07, 6.45) is 0. The standard InChI is InChI=1S/C13H19N3O3/c1-9(12(18)16-13(19)14-2)15-7-10-3-5-11(8-17)6-4-10/h3-6,9,15,17H,7-8H2,1-2H3,(H2,14,16,18,19). The highest BCUT2D eigenvalue weighted by atomic mass is 16.3. The molecule has 0 fully saturated rings. The number of aliphatic hydroxyl groups excluding tert-OH is 1. The lowest BCUT2D eigenvalue weighted by atomic mass is 10.1. The Bertz CT molecular complexity index is 431. The minimum Gasteiger partial charge on any atom is -0.392 e. The van der Waals surface area contributed by atoms with Gasteiger partial charge in [-0.1, -0.05) is 24.3 Å². The first-order valence-electron chi connectivity index (χ1n) is 6.01. The fourth-order valence-electron chi connectivity index (χ4n) is 1.41. The maximum atomic E-state index is 11.6. The van der Waals surface area contributed by atoms with E-state index in [4.69, 9.17) is 5.11 Å². The van der Waals surface area contributed by atoms with Crippen LogP contribution in [0.4, 0.5) is 4.79 Å². The van der Waals surface area contributed by atoms with Gasteiger partial charge in [-0.15, -0.1) is 0 Å². The zero-order valence-corrected chi connectivity index (χ0v) is 11.1. The van der Waals surface area contributed by atoms with Crippen LogP contribution in [0.2, 0.25) is 0 Å². The molecule has 1 rings (SSSR count). The van der Waals surface area contributed by atoms with E-state index in [1.807, 2.05) is 24.3 Å². The summed E-state index contributed by atoms with van der Waals surface area (Å²) in [5.41, 5.74) is 1.84. The van der Waals surface area contributed by atoms with E-state index >= 15 is 0 Å².